The van der Waals surface area contributed by atoms with Crippen LogP contribution in [0.1, 0.15) is 16.0 Å². The van der Waals surface area contributed by atoms with E-state index in [0.717, 1.165) is 0 Å². The predicted octanol–water partition coefficient (Wildman–Crippen LogP) is 5.63. The molecule has 0 aromatic heterocycles. The van der Waals surface area contributed by atoms with Crippen molar-refractivity contribution in [1.82, 2.24) is 0 Å². The van der Waals surface area contributed by atoms with Crippen LogP contribution >= 0.6 is 39.1 Å². The molecule has 21 heavy (non-hydrogen) atoms. The van der Waals surface area contributed by atoms with E-state index in [1.54, 1.807) is 24.3 Å². The molecular formula is C15H12BrCl2FO2. The number of ether oxygens (including phenoxy) is 2. The highest BCUT2D eigenvalue weighted by Crippen LogP contribution is 2.43. The van der Waals surface area contributed by atoms with E-state index >= 15 is 0 Å². The number of alkyl halides is 1. The molecule has 2 aromatic rings. The van der Waals surface area contributed by atoms with Crippen LogP contribution in [-0.4, -0.2) is 14.2 Å². The van der Waals surface area contributed by atoms with Gasteiger partial charge in [0.25, 0.3) is 0 Å². The third kappa shape index (κ3) is 3.28. The molecule has 1 unspecified atom stereocenters. The molecule has 0 amide bonds. The van der Waals surface area contributed by atoms with Crippen molar-refractivity contribution < 1.29 is 13.9 Å². The molecule has 1 atom stereocenters. The van der Waals surface area contributed by atoms with Crippen molar-refractivity contribution in [2.75, 3.05) is 14.2 Å². The van der Waals surface area contributed by atoms with Gasteiger partial charge in [0.15, 0.2) is 11.5 Å². The minimum atomic E-state index is -0.501. The Hall–Kier alpha value is -0.970. The lowest BCUT2D eigenvalue weighted by atomic mass is 10.0. The van der Waals surface area contributed by atoms with Crippen molar-refractivity contribution in [1.29, 1.82) is 0 Å². The summed E-state index contributed by atoms with van der Waals surface area (Å²) in [6, 6.07) is 7.98. The molecule has 0 aliphatic heterocycles. The van der Waals surface area contributed by atoms with E-state index in [4.69, 9.17) is 32.7 Å². The molecule has 0 saturated heterocycles. The van der Waals surface area contributed by atoms with Gasteiger partial charge in [-0.15, -0.1) is 0 Å². The Bertz CT molecular complexity index is 644. The number of methoxy groups -OCH3 is 2. The van der Waals surface area contributed by atoms with Crippen LogP contribution in [-0.2, 0) is 0 Å². The molecule has 0 heterocycles. The number of rotatable bonds is 4. The highest BCUT2D eigenvalue weighted by atomic mass is 79.9. The first-order chi connectivity index (χ1) is 9.99. The van der Waals surface area contributed by atoms with Gasteiger partial charge in [-0.25, -0.2) is 4.39 Å². The summed E-state index contributed by atoms with van der Waals surface area (Å²) in [7, 11) is 2.94. The van der Waals surface area contributed by atoms with E-state index in [1.165, 1.54) is 20.3 Å². The van der Waals surface area contributed by atoms with Crippen molar-refractivity contribution >= 4 is 39.1 Å². The molecule has 112 valence electrons. The van der Waals surface area contributed by atoms with Crippen molar-refractivity contribution in [2.45, 2.75) is 4.83 Å². The molecule has 0 N–H and O–H groups in total. The highest BCUT2D eigenvalue weighted by molar-refractivity contribution is 9.09. The Kier molecular flexibility index (Phi) is 5.36. The lowest BCUT2D eigenvalue weighted by Gasteiger charge is -2.17. The van der Waals surface area contributed by atoms with Gasteiger partial charge in [-0.3, -0.25) is 0 Å². The lowest BCUT2D eigenvalue weighted by Crippen LogP contribution is -2.01. The van der Waals surface area contributed by atoms with Crippen LogP contribution in [0.4, 0.5) is 4.39 Å². The standard InChI is InChI=1S/C15H12BrCl2FO2/c1-20-12-6-8(11(19)7-13(12)21-2)15(16)14-9(17)4-3-5-10(14)18/h3-7,15H,1-2H3. The first-order valence-electron chi connectivity index (χ1n) is 5.99. The summed E-state index contributed by atoms with van der Waals surface area (Å²) < 4.78 is 24.6. The average Bonchev–Trinajstić information content (AvgIpc) is 2.46. The average molecular weight is 394 g/mol. The summed E-state index contributed by atoms with van der Waals surface area (Å²) in [6.45, 7) is 0. The maximum absolute atomic E-state index is 14.3. The molecule has 0 bridgehead atoms. The third-order valence-corrected chi connectivity index (χ3v) is 4.64. The molecule has 0 spiro atoms. The molecule has 2 aromatic carbocycles. The van der Waals surface area contributed by atoms with Gasteiger partial charge in [-0.05, 0) is 18.2 Å². The third-order valence-electron chi connectivity index (χ3n) is 3.03. The Morgan fingerprint density at radius 1 is 1.05 bits per heavy atom. The summed E-state index contributed by atoms with van der Waals surface area (Å²) in [6.07, 6.45) is 0. The summed E-state index contributed by atoms with van der Waals surface area (Å²) in [5, 5.41) is 0.914. The van der Waals surface area contributed by atoms with Crippen molar-refractivity contribution in [3.05, 3.63) is 57.3 Å². The maximum atomic E-state index is 14.3. The van der Waals surface area contributed by atoms with Gasteiger partial charge in [-0.2, -0.15) is 0 Å². The van der Waals surface area contributed by atoms with Gasteiger partial charge >= 0.3 is 0 Å². The molecule has 6 heteroatoms. The van der Waals surface area contributed by atoms with Crippen molar-refractivity contribution in [3.8, 4) is 11.5 Å². The summed E-state index contributed by atoms with van der Waals surface area (Å²) in [4.78, 5) is -0.501. The van der Waals surface area contributed by atoms with E-state index in [2.05, 4.69) is 15.9 Å². The van der Waals surface area contributed by atoms with Gasteiger partial charge < -0.3 is 9.47 Å². The lowest BCUT2D eigenvalue weighted by molar-refractivity contribution is 0.351. The SMILES string of the molecule is COc1cc(F)c(C(Br)c2c(Cl)cccc2Cl)cc1OC. The second-order valence-corrected chi connectivity index (χ2v) is 5.96. The second kappa shape index (κ2) is 6.86. The number of halogens is 4. The highest BCUT2D eigenvalue weighted by Gasteiger charge is 2.22. The van der Waals surface area contributed by atoms with Crippen molar-refractivity contribution in [3.63, 3.8) is 0 Å². The molecular weight excluding hydrogens is 382 g/mol. The molecule has 2 rings (SSSR count). The first kappa shape index (κ1) is 16.4. The topological polar surface area (TPSA) is 18.5 Å². The molecule has 0 radical (unpaired) electrons. The van der Waals surface area contributed by atoms with E-state index in [9.17, 15) is 4.39 Å². The van der Waals surface area contributed by atoms with Gasteiger partial charge in [0.1, 0.15) is 5.82 Å². The van der Waals surface area contributed by atoms with Crippen LogP contribution < -0.4 is 9.47 Å². The zero-order valence-electron chi connectivity index (χ0n) is 11.3. The quantitative estimate of drug-likeness (QED) is 0.626. The van der Waals surface area contributed by atoms with E-state index < -0.39 is 10.6 Å². The van der Waals surface area contributed by atoms with Crippen LogP contribution in [0.25, 0.3) is 0 Å². The molecule has 0 fully saturated rings. The van der Waals surface area contributed by atoms with E-state index in [1.807, 2.05) is 0 Å². The minimum Gasteiger partial charge on any atom is -0.493 e. The van der Waals surface area contributed by atoms with Crippen LogP contribution in [0, 0.1) is 5.82 Å². The Morgan fingerprint density at radius 3 is 2.10 bits per heavy atom. The van der Waals surface area contributed by atoms with E-state index in [0.29, 0.717) is 32.7 Å². The predicted molar refractivity (Wildman–Crippen MR) is 86.7 cm³/mol. The minimum absolute atomic E-state index is 0.323. The Morgan fingerprint density at radius 2 is 1.57 bits per heavy atom. The molecule has 2 nitrogen and oxygen atoms in total. The van der Waals surface area contributed by atoms with Crippen molar-refractivity contribution in [2.24, 2.45) is 0 Å². The van der Waals surface area contributed by atoms with Crippen LogP contribution in [0.3, 0.4) is 0 Å². The summed E-state index contributed by atoms with van der Waals surface area (Å²) in [5.74, 6) is 0.316. The first-order valence-corrected chi connectivity index (χ1v) is 7.66. The molecule has 0 aliphatic carbocycles. The van der Waals surface area contributed by atoms with Gasteiger partial charge in [0.2, 0.25) is 0 Å². The van der Waals surface area contributed by atoms with Gasteiger partial charge in [0.05, 0.1) is 19.0 Å². The number of hydrogen-bond acceptors (Lipinski definition) is 2. The Labute approximate surface area is 140 Å². The summed E-state index contributed by atoms with van der Waals surface area (Å²) >= 11 is 15.8. The summed E-state index contributed by atoms with van der Waals surface area (Å²) in [5.41, 5.74) is 0.967. The van der Waals surface area contributed by atoms with Crippen LogP contribution in [0.2, 0.25) is 10.0 Å². The second-order valence-electron chi connectivity index (χ2n) is 4.23. The zero-order chi connectivity index (χ0) is 15.6. The zero-order valence-corrected chi connectivity index (χ0v) is 14.4. The fourth-order valence-corrected chi connectivity index (χ4v) is 3.70. The Balaban J connectivity index is 2.56. The number of hydrogen-bond donors (Lipinski definition) is 0. The largest absolute Gasteiger partial charge is 0.493 e. The van der Waals surface area contributed by atoms with Crippen LogP contribution in [0.5, 0.6) is 11.5 Å². The van der Waals surface area contributed by atoms with Crippen LogP contribution in [0.15, 0.2) is 30.3 Å². The fraction of sp³-hybridized carbons (Fsp3) is 0.200. The number of benzene rings is 2. The van der Waals surface area contributed by atoms with Gasteiger partial charge in [-0.1, -0.05) is 45.2 Å². The fourth-order valence-electron chi connectivity index (χ4n) is 1.97. The molecule has 0 saturated carbocycles. The monoisotopic (exact) mass is 392 g/mol. The maximum Gasteiger partial charge on any atom is 0.163 e. The van der Waals surface area contributed by atoms with Gasteiger partial charge in [0, 0.05) is 27.2 Å². The smallest absolute Gasteiger partial charge is 0.163 e. The molecule has 0 aliphatic rings. The normalized spacial score (nSPS) is 12.1. The van der Waals surface area contributed by atoms with E-state index in [-0.39, 0.29) is 0 Å².